The Morgan fingerprint density at radius 2 is 1.92 bits per heavy atom. The second kappa shape index (κ2) is 11.2. The minimum atomic E-state index is -0.208. The third-order valence-corrected chi connectivity index (χ3v) is 7.07. The van der Waals surface area contributed by atoms with Gasteiger partial charge < -0.3 is 9.84 Å². The molecular formula is C29H28ClFN4O2. The summed E-state index contributed by atoms with van der Waals surface area (Å²) in [4.78, 5) is 19.4. The maximum atomic E-state index is 13.9. The lowest BCUT2D eigenvalue weighted by molar-refractivity contribution is 0.102. The molecular weight excluding hydrogens is 491 g/mol. The summed E-state index contributed by atoms with van der Waals surface area (Å²) in [7, 11) is 0. The Kier molecular flexibility index (Phi) is 7.63. The largest absolute Gasteiger partial charge is 0.339 e. The standard InChI is InChI=1S/C29H28ClFN4O2/c1-19-23(5-2-6-26(19)31)18-35-15-3-4-20(17-35)16-27-33-28(34-37-27)21-9-13-25(14-10-21)32-29(36)22-7-11-24(30)12-8-22/h2,5-14,20H,3-4,15-18H2,1H3,(H,32,36)/t20-/m0/s1. The van der Waals surface area contributed by atoms with Gasteiger partial charge in [0.2, 0.25) is 11.7 Å². The van der Waals surface area contributed by atoms with Crippen LogP contribution in [0.5, 0.6) is 0 Å². The second-order valence-electron chi connectivity index (χ2n) is 9.52. The smallest absolute Gasteiger partial charge is 0.255 e. The van der Waals surface area contributed by atoms with Crippen molar-refractivity contribution in [1.29, 1.82) is 0 Å². The van der Waals surface area contributed by atoms with Gasteiger partial charge in [-0.1, -0.05) is 28.9 Å². The molecule has 1 N–H and O–H groups in total. The summed E-state index contributed by atoms with van der Waals surface area (Å²) in [6.45, 7) is 4.50. The van der Waals surface area contributed by atoms with Gasteiger partial charge in [-0.3, -0.25) is 9.69 Å². The Bertz CT molecular complexity index is 1370. The van der Waals surface area contributed by atoms with Crippen molar-refractivity contribution in [3.05, 3.63) is 100 Å². The molecule has 0 radical (unpaired) electrons. The maximum absolute atomic E-state index is 13.9. The minimum absolute atomic E-state index is 0.151. The molecule has 0 unspecified atom stereocenters. The molecule has 6 nitrogen and oxygen atoms in total. The fourth-order valence-electron chi connectivity index (χ4n) is 4.73. The van der Waals surface area contributed by atoms with Crippen molar-refractivity contribution in [3.63, 3.8) is 0 Å². The summed E-state index contributed by atoms with van der Waals surface area (Å²) >= 11 is 5.89. The first-order valence-electron chi connectivity index (χ1n) is 12.4. The van der Waals surface area contributed by atoms with Gasteiger partial charge in [0.1, 0.15) is 5.82 Å². The van der Waals surface area contributed by atoms with Gasteiger partial charge in [0.25, 0.3) is 5.91 Å². The van der Waals surface area contributed by atoms with Crippen molar-refractivity contribution in [2.45, 2.75) is 32.7 Å². The summed E-state index contributed by atoms with van der Waals surface area (Å²) in [5, 5.41) is 7.62. The number of amides is 1. The SMILES string of the molecule is Cc1c(F)cccc1CN1CCC[C@@H](Cc2nc(-c3ccc(NC(=O)c4ccc(Cl)cc4)cc3)no2)C1. The highest BCUT2D eigenvalue weighted by Gasteiger charge is 2.23. The van der Waals surface area contributed by atoms with Crippen molar-refractivity contribution in [1.82, 2.24) is 15.0 Å². The fourth-order valence-corrected chi connectivity index (χ4v) is 4.86. The van der Waals surface area contributed by atoms with Crippen molar-refractivity contribution in [2.24, 2.45) is 5.92 Å². The molecule has 1 fully saturated rings. The normalized spacial score (nSPS) is 16.0. The Labute approximate surface area is 220 Å². The summed E-state index contributed by atoms with van der Waals surface area (Å²) in [6.07, 6.45) is 2.89. The van der Waals surface area contributed by atoms with E-state index in [0.29, 0.717) is 40.3 Å². The van der Waals surface area contributed by atoms with Crippen molar-refractivity contribution < 1.29 is 13.7 Å². The molecule has 0 saturated carbocycles. The number of benzene rings is 3. The molecule has 3 aromatic carbocycles. The predicted octanol–water partition coefficient (Wildman–Crippen LogP) is 6.54. The third-order valence-electron chi connectivity index (χ3n) is 6.82. The topological polar surface area (TPSA) is 71.3 Å². The summed E-state index contributed by atoms with van der Waals surface area (Å²) in [5.74, 6) is 1.18. The van der Waals surface area contributed by atoms with Gasteiger partial charge >= 0.3 is 0 Å². The van der Waals surface area contributed by atoms with E-state index in [-0.39, 0.29) is 11.7 Å². The minimum Gasteiger partial charge on any atom is -0.339 e. The summed E-state index contributed by atoms with van der Waals surface area (Å²) in [5.41, 5.74) is 3.77. The molecule has 2 heterocycles. The van der Waals surface area contributed by atoms with E-state index in [0.717, 1.165) is 49.2 Å². The average Bonchev–Trinajstić information content (AvgIpc) is 3.36. The molecule has 0 aliphatic carbocycles. The fraction of sp³-hybridized carbons (Fsp3) is 0.276. The first-order chi connectivity index (χ1) is 17.9. The van der Waals surface area contributed by atoms with Gasteiger partial charge in [-0.25, -0.2) is 4.39 Å². The summed E-state index contributed by atoms with van der Waals surface area (Å²) in [6, 6.07) is 19.4. The molecule has 1 amide bonds. The number of piperidine rings is 1. The number of carbonyl (C=O) groups excluding carboxylic acids is 1. The monoisotopic (exact) mass is 518 g/mol. The molecule has 1 saturated heterocycles. The van der Waals surface area contributed by atoms with Gasteiger partial charge in [0, 0.05) is 41.3 Å². The lowest BCUT2D eigenvalue weighted by atomic mass is 9.94. The molecule has 1 aliphatic rings. The van der Waals surface area contributed by atoms with Gasteiger partial charge in [-0.05, 0) is 98.0 Å². The molecule has 1 aromatic heterocycles. The lowest BCUT2D eigenvalue weighted by Gasteiger charge is -2.32. The Hall–Kier alpha value is -3.55. The van der Waals surface area contributed by atoms with E-state index in [1.54, 1.807) is 30.3 Å². The zero-order valence-corrected chi connectivity index (χ0v) is 21.3. The van der Waals surface area contributed by atoms with Crippen LogP contribution in [0.15, 0.2) is 71.3 Å². The van der Waals surface area contributed by atoms with Crippen LogP contribution in [-0.2, 0) is 13.0 Å². The number of nitrogens with one attached hydrogen (secondary N) is 1. The first kappa shape index (κ1) is 25.1. The van der Waals surface area contributed by atoms with Crippen LogP contribution in [0.2, 0.25) is 5.02 Å². The Morgan fingerprint density at radius 3 is 2.70 bits per heavy atom. The molecule has 0 bridgehead atoms. The molecule has 37 heavy (non-hydrogen) atoms. The van der Waals surface area contributed by atoms with Gasteiger partial charge in [0.15, 0.2) is 0 Å². The van der Waals surface area contributed by atoms with E-state index in [2.05, 4.69) is 20.4 Å². The van der Waals surface area contributed by atoms with Crippen LogP contribution in [0.1, 0.15) is 40.2 Å². The third kappa shape index (κ3) is 6.24. The van der Waals surface area contributed by atoms with Crippen molar-refractivity contribution in [2.75, 3.05) is 18.4 Å². The maximum Gasteiger partial charge on any atom is 0.255 e. The number of halogens is 2. The predicted molar refractivity (Wildman–Crippen MR) is 142 cm³/mol. The van der Waals surface area contributed by atoms with Gasteiger partial charge in [0.05, 0.1) is 0 Å². The zero-order chi connectivity index (χ0) is 25.8. The van der Waals surface area contributed by atoms with Crippen LogP contribution < -0.4 is 5.32 Å². The van der Waals surface area contributed by atoms with Crippen LogP contribution >= 0.6 is 11.6 Å². The summed E-state index contributed by atoms with van der Waals surface area (Å²) < 4.78 is 19.5. The van der Waals surface area contributed by atoms with Gasteiger partial charge in [-0.2, -0.15) is 4.98 Å². The van der Waals surface area contributed by atoms with E-state index in [9.17, 15) is 9.18 Å². The van der Waals surface area contributed by atoms with E-state index in [1.165, 1.54) is 6.07 Å². The molecule has 1 atom stereocenters. The van der Waals surface area contributed by atoms with E-state index >= 15 is 0 Å². The molecule has 4 aromatic rings. The van der Waals surface area contributed by atoms with E-state index in [4.69, 9.17) is 16.1 Å². The zero-order valence-electron chi connectivity index (χ0n) is 20.6. The number of carbonyl (C=O) groups is 1. The van der Waals surface area contributed by atoms with Gasteiger partial charge in [-0.15, -0.1) is 0 Å². The van der Waals surface area contributed by atoms with Crippen molar-refractivity contribution in [3.8, 4) is 11.4 Å². The quantitative estimate of drug-likeness (QED) is 0.300. The van der Waals surface area contributed by atoms with E-state index < -0.39 is 0 Å². The second-order valence-corrected chi connectivity index (χ2v) is 9.96. The van der Waals surface area contributed by atoms with Crippen LogP contribution in [0.25, 0.3) is 11.4 Å². The van der Waals surface area contributed by atoms with Crippen LogP contribution in [0.3, 0.4) is 0 Å². The molecule has 0 spiro atoms. The Morgan fingerprint density at radius 1 is 1.14 bits per heavy atom. The molecule has 190 valence electrons. The first-order valence-corrected chi connectivity index (χ1v) is 12.8. The highest BCUT2D eigenvalue weighted by atomic mass is 35.5. The highest BCUT2D eigenvalue weighted by Crippen LogP contribution is 2.25. The molecule has 5 rings (SSSR count). The van der Waals surface area contributed by atoms with Crippen molar-refractivity contribution >= 4 is 23.2 Å². The van der Waals surface area contributed by atoms with Crippen LogP contribution in [-0.4, -0.2) is 34.0 Å². The lowest BCUT2D eigenvalue weighted by Crippen LogP contribution is -2.36. The van der Waals surface area contributed by atoms with E-state index in [1.807, 2.05) is 37.3 Å². The van der Waals surface area contributed by atoms with Crippen LogP contribution in [0.4, 0.5) is 10.1 Å². The molecule has 8 heteroatoms. The molecule has 1 aliphatic heterocycles. The number of nitrogens with zero attached hydrogens (tertiary/aromatic N) is 3. The number of anilines is 1. The van der Waals surface area contributed by atoms with Crippen LogP contribution in [0, 0.1) is 18.7 Å². The number of aromatic nitrogens is 2. The number of hydrogen-bond acceptors (Lipinski definition) is 5. The number of rotatable bonds is 7. The Balaban J connectivity index is 1.17. The highest BCUT2D eigenvalue weighted by molar-refractivity contribution is 6.30. The number of likely N-dealkylation sites (tertiary alicyclic amines) is 1. The average molecular weight is 519 g/mol. The number of hydrogen-bond donors (Lipinski definition) is 1.